The zero-order valence-corrected chi connectivity index (χ0v) is 25.5. The summed E-state index contributed by atoms with van der Waals surface area (Å²) in [6, 6.07) is 20.5. The third-order valence-corrected chi connectivity index (χ3v) is 9.63. The highest BCUT2D eigenvalue weighted by molar-refractivity contribution is 9.10. The fourth-order valence-electron chi connectivity index (χ4n) is 4.91. The van der Waals surface area contributed by atoms with Gasteiger partial charge in [-0.25, -0.2) is 8.42 Å². The molecule has 0 bridgehead atoms. The molecule has 0 saturated heterocycles. The molecule has 7 nitrogen and oxygen atoms in total. The van der Waals surface area contributed by atoms with Crippen LogP contribution in [0.15, 0.2) is 82.2 Å². The Bertz CT molecular complexity index is 1440. The van der Waals surface area contributed by atoms with Crippen molar-refractivity contribution < 1.29 is 18.0 Å². The van der Waals surface area contributed by atoms with Crippen molar-refractivity contribution >= 4 is 43.5 Å². The number of carbonyl (C=O) groups excluding carboxylic acids is 2. The monoisotopic (exact) mass is 625 g/mol. The van der Waals surface area contributed by atoms with E-state index in [9.17, 15) is 18.0 Å². The molecule has 9 heteroatoms. The zero-order valence-electron chi connectivity index (χ0n) is 23.1. The number of aryl methyl sites for hydroxylation is 2. The summed E-state index contributed by atoms with van der Waals surface area (Å²) in [5.74, 6) is -0.699. The molecular weight excluding hydrogens is 590 g/mol. The lowest BCUT2D eigenvalue weighted by molar-refractivity contribution is -0.139. The largest absolute Gasteiger partial charge is 0.352 e. The van der Waals surface area contributed by atoms with E-state index in [1.807, 2.05) is 44.2 Å². The molecule has 0 unspecified atom stereocenters. The molecule has 1 N–H and O–H groups in total. The molecule has 40 heavy (non-hydrogen) atoms. The van der Waals surface area contributed by atoms with Gasteiger partial charge in [0.05, 0.1) is 10.6 Å². The van der Waals surface area contributed by atoms with E-state index in [0.717, 1.165) is 51.2 Å². The van der Waals surface area contributed by atoms with Crippen molar-refractivity contribution in [2.24, 2.45) is 0 Å². The molecule has 0 spiro atoms. The van der Waals surface area contributed by atoms with Crippen LogP contribution in [0.1, 0.15) is 49.3 Å². The van der Waals surface area contributed by atoms with Gasteiger partial charge in [-0.1, -0.05) is 70.7 Å². The van der Waals surface area contributed by atoms with Crippen molar-refractivity contribution in [2.75, 3.05) is 10.8 Å². The second-order valence-corrected chi connectivity index (χ2v) is 13.3. The third kappa shape index (κ3) is 7.31. The molecule has 1 saturated carbocycles. The number of nitrogens with one attached hydrogen (secondary N) is 1. The molecular formula is C31H36BrN3O4S. The van der Waals surface area contributed by atoms with Gasteiger partial charge in [-0.05, 0) is 81.1 Å². The molecule has 2 amide bonds. The van der Waals surface area contributed by atoms with Gasteiger partial charge in [-0.15, -0.1) is 0 Å². The van der Waals surface area contributed by atoms with Crippen LogP contribution < -0.4 is 9.62 Å². The van der Waals surface area contributed by atoms with Gasteiger partial charge >= 0.3 is 0 Å². The van der Waals surface area contributed by atoms with Crippen LogP contribution in [0.5, 0.6) is 0 Å². The number of hydrogen-bond donors (Lipinski definition) is 1. The van der Waals surface area contributed by atoms with E-state index >= 15 is 0 Å². The lowest BCUT2D eigenvalue weighted by Crippen LogP contribution is -2.52. The van der Waals surface area contributed by atoms with Crippen LogP contribution in [0, 0.1) is 13.8 Å². The summed E-state index contributed by atoms with van der Waals surface area (Å²) in [6.07, 6.45) is 4.00. The fraction of sp³-hybridized carbons (Fsp3) is 0.355. The Morgan fingerprint density at radius 2 is 1.60 bits per heavy atom. The van der Waals surface area contributed by atoms with Crippen molar-refractivity contribution in [2.45, 2.75) is 70.0 Å². The highest BCUT2D eigenvalue weighted by Crippen LogP contribution is 2.26. The lowest BCUT2D eigenvalue weighted by Gasteiger charge is -2.32. The number of anilines is 1. The van der Waals surface area contributed by atoms with Crippen molar-refractivity contribution in [1.29, 1.82) is 0 Å². The van der Waals surface area contributed by atoms with E-state index in [1.165, 1.54) is 4.90 Å². The number of benzene rings is 3. The summed E-state index contributed by atoms with van der Waals surface area (Å²) >= 11 is 3.44. The van der Waals surface area contributed by atoms with Gasteiger partial charge in [-0.3, -0.25) is 13.9 Å². The Balaban J connectivity index is 1.68. The third-order valence-electron chi connectivity index (χ3n) is 7.31. The van der Waals surface area contributed by atoms with Crippen LogP contribution in [0.4, 0.5) is 5.69 Å². The summed E-state index contributed by atoms with van der Waals surface area (Å²) in [7, 11) is -4.08. The topological polar surface area (TPSA) is 86.8 Å². The van der Waals surface area contributed by atoms with E-state index in [-0.39, 0.29) is 23.4 Å². The molecule has 212 valence electrons. The van der Waals surface area contributed by atoms with Crippen LogP contribution in [0.3, 0.4) is 0 Å². The standard InChI is InChI=1S/C31H36BrN3O4S/c1-22-11-17-29(18-12-22)40(38,39)35(28-10-6-7-23(2)19-28)21-30(36)34(20-25-13-15-26(32)16-14-25)24(3)31(37)33-27-8-4-5-9-27/h6-7,10-19,24,27H,4-5,8-9,20-21H2,1-3H3,(H,33,37)/t24-/m0/s1. The van der Waals surface area contributed by atoms with Crippen molar-refractivity contribution in [3.8, 4) is 0 Å². The maximum atomic E-state index is 14.0. The predicted octanol–water partition coefficient (Wildman–Crippen LogP) is 5.74. The first-order chi connectivity index (χ1) is 19.0. The van der Waals surface area contributed by atoms with Crippen molar-refractivity contribution in [3.63, 3.8) is 0 Å². The summed E-state index contributed by atoms with van der Waals surface area (Å²) in [5.41, 5.74) is 3.02. The molecule has 0 heterocycles. The van der Waals surface area contributed by atoms with Crippen LogP contribution in [-0.4, -0.2) is 43.8 Å². The Labute approximate surface area is 245 Å². The van der Waals surface area contributed by atoms with Gasteiger partial charge in [0.2, 0.25) is 11.8 Å². The number of rotatable bonds is 10. The Kier molecular flexibility index (Phi) is 9.68. The lowest BCUT2D eigenvalue weighted by atomic mass is 10.1. The van der Waals surface area contributed by atoms with Crippen molar-refractivity contribution in [1.82, 2.24) is 10.2 Å². The zero-order chi connectivity index (χ0) is 28.9. The average molecular weight is 627 g/mol. The maximum Gasteiger partial charge on any atom is 0.264 e. The number of nitrogens with zero attached hydrogens (tertiary/aromatic N) is 2. The molecule has 3 aromatic carbocycles. The summed E-state index contributed by atoms with van der Waals surface area (Å²) < 4.78 is 29.9. The fourth-order valence-corrected chi connectivity index (χ4v) is 6.58. The molecule has 0 aromatic heterocycles. The van der Waals surface area contributed by atoms with Crippen LogP contribution in [0.2, 0.25) is 0 Å². The minimum atomic E-state index is -4.08. The second kappa shape index (κ2) is 13.0. The van der Waals surface area contributed by atoms with E-state index in [1.54, 1.807) is 49.4 Å². The summed E-state index contributed by atoms with van der Waals surface area (Å²) in [5, 5.41) is 3.09. The van der Waals surface area contributed by atoms with Crippen molar-refractivity contribution in [3.05, 3.63) is 94.0 Å². The Morgan fingerprint density at radius 3 is 2.23 bits per heavy atom. The first-order valence-corrected chi connectivity index (χ1v) is 15.8. The quantitative estimate of drug-likeness (QED) is 0.311. The van der Waals surface area contributed by atoms with Crippen LogP contribution in [-0.2, 0) is 26.2 Å². The van der Waals surface area contributed by atoms with E-state index in [2.05, 4.69) is 21.2 Å². The SMILES string of the molecule is Cc1ccc(S(=O)(=O)N(CC(=O)N(Cc2ccc(Br)cc2)[C@@H](C)C(=O)NC2CCCC2)c2cccc(C)c2)cc1. The smallest absolute Gasteiger partial charge is 0.264 e. The van der Waals surface area contributed by atoms with Gasteiger partial charge in [-0.2, -0.15) is 0 Å². The Hall–Kier alpha value is -3.17. The number of carbonyl (C=O) groups is 2. The molecule has 3 aromatic rings. The summed E-state index contributed by atoms with van der Waals surface area (Å²) in [4.78, 5) is 28.9. The van der Waals surface area contributed by atoms with Crippen LogP contribution in [0.25, 0.3) is 0 Å². The number of halogens is 1. The first kappa shape index (κ1) is 29.8. The molecule has 1 atom stereocenters. The number of hydrogen-bond acceptors (Lipinski definition) is 4. The van der Waals surface area contributed by atoms with E-state index in [0.29, 0.717) is 5.69 Å². The Morgan fingerprint density at radius 1 is 0.950 bits per heavy atom. The molecule has 0 radical (unpaired) electrons. The first-order valence-electron chi connectivity index (χ1n) is 13.5. The normalized spacial score (nSPS) is 14.5. The average Bonchev–Trinajstić information content (AvgIpc) is 3.44. The summed E-state index contributed by atoms with van der Waals surface area (Å²) in [6.45, 7) is 5.18. The predicted molar refractivity (Wildman–Crippen MR) is 161 cm³/mol. The maximum absolute atomic E-state index is 14.0. The molecule has 4 rings (SSSR count). The molecule has 1 aliphatic carbocycles. The van der Waals surface area contributed by atoms with Gasteiger partial charge in [0.25, 0.3) is 10.0 Å². The second-order valence-electron chi connectivity index (χ2n) is 10.5. The highest BCUT2D eigenvalue weighted by Gasteiger charge is 2.33. The van der Waals surface area contributed by atoms with Gasteiger partial charge < -0.3 is 10.2 Å². The molecule has 0 aliphatic heterocycles. The van der Waals surface area contributed by atoms with Gasteiger partial charge in [0, 0.05) is 17.1 Å². The minimum Gasteiger partial charge on any atom is -0.352 e. The van der Waals surface area contributed by atoms with Gasteiger partial charge in [0.1, 0.15) is 12.6 Å². The van der Waals surface area contributed by atoms with Crippen LogP contribution >= 0.6 is 15.9 Å². The molecule has 1 aliphatic rings. The highest BCUT2D eigenvalue weighted by atomic mass is 79.9. The number of amides is 2. The van der Waals surface area contributed by atoms with E-state index < -0.39 is 28.5 Å². The van der Waals surface area contributed by atoms with Gasteiger partial charge in [0.15, 0.2) is 0 Å². The molecule has 1 fully saturated rings. The van der Waals surface area contributed by atoms with E-state index in [4.69, 9.17) is 0 Å². The number of sulfonamides is 1. The minimum absolute atomic E-state index is 0.0962.